The van der Waals surface area contributed by atoms with Gasteiger partial charge in [0, 0.05) is 0 Å². The molecule has 0 radical (unpaired) electrons. The van der Waals surface area contributed by atoms with Gasteiger partial charge in [-0.2, -0.15) is 0 Å². The second-order valence-corrected chi connectivity index (χ2v) is 3.58. The van der Waals surface area contributed by atoms with Crippen LogP contribution in [-0.4, -0.2) is 11.1 Å². The summed E-state index contributed by atoms with van der Waals surface area (Å²) in [6.45, 7) is 0. The minimum absolute atomic E-state index is 0.107. The second-order valence-electron chi connectivity index (χ2n) is 3.58. The van der Waals surface area contributed by atoms with E-state index in [1.165, 1.54) is 6.07 Å². The summed E-state index contributed by atoms with van der Waals surface area (Å²) in [5, 5.41) is 16.9. The summed E-state index contributed by atoms with van der Waals surface area (Å²) in [4.78, 5) is 11.0. The molecule has 0 amide bonds. The topological polar surface area (TPSA) is 88.0 Å². The monoisotopic (exact) mass is 241 g/mol. The molecule has 0 saturated heterocycles. The number of hydrogen-bond acceptors (Lipinski definition) is 4. The van der Waals surface area contributed by atoms with Crippen LogP contribution < -0.4 is 5.73 Å². The third-order valence-electron chi connectivity index (χ3n) is 2.34. The molecule has 0 aliphatic rings. The Hall–Kier alpha value is -2.69. The summed E-state index contributed by atoms with van der Waals surface area (Å²) in [6, 6.07) is 13.4. The first-order valence-corrected chi connectivity index (χ1v) is 5.27. The highest BCUT2D eigenvalue weighted by Gasteiger charge is 2.08. The third kappa shape index (κ3) is 2.52. The van der Waals surface area contributed by atoms with Crippen molar-refractivity contribution in [3.05, 3.63) is 54.1 Å². The van der Waals surface area contributed by atoms with Gasteiger partial charge in [-0.25, -0.2) is 4.79 Å². The van der Waals surface area contributed by atoms with E-state index < -0.39 is 5.97 Å². The number of rotatable bonds is 3. The van der Waals surface area contributed by atoms with Gasteiger partial charge in [0.25, 0.3) is 0 Å². The van der Waals surface area contributed by atoms with Crippen molar-refractivity contribution < 1.29 is 9.90 Å². The Balaban J connectivity index is 2.35. The quantitative estimate of drug-likeness (QED) is 0.637. The van der Waals surface area contributed by atoms with Gasteiger partial charge in [0.2, 0.25) is 0 Å². The largest absolute Gasteiger partial charge is 0.478 e. The average molecular weight is 241 g/mol. The zero-order chi connectivity index (χ0) is 13.0. The molecule has 0 bridgehead atoms. The summed E-state index contributed by atoms with van der Waals surface area (Å²) in [6.07, 6.45) is 0. The number of azo groups is 1. The van der Waals surface area contributed by atoms with Gasteiger partial charge >= 0.3 is 5.97 Å². The Morgan fingerprint density at radius 1 is 0.944 bits per heavy atom. The molecular weight excluding hydrogens is 230 g/mol. The van der Waals surface area contributed by atoms with Crippen LogP contribution >= 0.6 is 0 Å². The molecule has 0 spiro atoms. The van der Waals surface area contributed by atoms with Crippen molar-refractivity contribution >= 4 is 23.0 Å². The molecule has 0 aromatic heterocycles. The number of nitrogens with two attached hydrogens (primary N) is 1. The number of nitrogens with zero attached hydrogens (tertiary/aromatic N) is 2. The van der Waals surface area contributed by atoms with Crippen LogP contribution in [0.15, 0.2) is 58.8 Å². The van der Waals surface area contributed by atoms with E-state index in [4.69, 9.17) is 10.8 Å². The van der Waals surface area contributed by atoms with Crippen molar-refractivity contribution in [2.75, 3.05) is 5.73 Å². The van der Waals surface area contributed by atoms with E-state index in [0.717, 1.165) is 0 Å². The van der Waals surface area contributed by atoms with E-state index in [1.54, 1.807) is 42.5 Å². The number of aromatic carboxylic acids is 1. The van der Waals surface area contributed by atoms with E-state index in [2.05, 4.69) is 10.2 Å². The molecule has 90 valence electrons. The van der Waals surface area contributed by atoms with Gasteiger partial charge in [0.15, 0.2) is 0 Å². The number of nitrogen functional groups attached to an aromatic ring is 1. The number of carbonyl (C=O) groups is 1. The highest BCUT2D eigenvalue weighted by Crippen LogP contribution is 2.25. The lowest BCUT2D eigenvalue weighted by Crippen LogP contribution is -1.95. The lowest BCUT2D eigenvalue weighted by atomic mass is 10.2. The molecule has 0 atom stereocenters. The first-order chi connectivity index (χ1) is 8.68. The predicted octanol–water partition coefficient (Wildman–Crippen LogP) is 3.38. The fourth-order valence-corrected chi connectivity index (χ4v) is 1.43. The van der Waals surface area contributed by atoms with Crippen molar-refractivity contribution in [2.24, 2.45) is 10.2 Å². The molecule has 18 heavy (non-hydrogen) atoms. The summed E-state index contributed by atoms with van der Waals surface area (Å²) >= 11 is 0. The maximum Gasteiger partial charge on any atom is 0.337 e. The molecule has 3 N–H and O–H groups in total. The van der Waals surface area contributed by atoms with Gasteiger partial charge in [-0.15, -0.1) is 10.2 Å². The Labute approximate surface area is 104 Å². The molecule has 0 unspecified atom stereocenters. The fraction of sp³-hybridized carbons (Fsp3) is 0. The molecule has 0 aliphatic carbocycles. The highest BCUT2D eigenvalue weighted by molar-refractivity contribution is 5.93. The predicted molar refractivity (Wildman–Crippen MR) is 68.4 cm³/mol. The third-order valence-corrected chi connectivity index (χ3v) is 2.34. The van der Waals surface area contributed by atoms with Crippen molar-refractivity contribution in [3.8, 4) is 0 Å². The van der Waals surface area contributed by atoms with E-state index in [9.17, 15) is 4.79 Å². The van der Waals surface area contributed by atoms with Crippen molar-refractivity contribution in [1.29, 1.82) is 0 Å². The van der Waals surface area contributed by atoms with E-state index in [0.29, 0.717) is 17.1 Å². The van der Waals surface area contributed by atoms with Crippen LogP contribution in [0.3, 0.4) is 0 Å². The molecule has 2 rings (SSSR count). The van der Waals surface area contributed by atoms with Crippen molar-refractivity contribution in [2.45, 2.75) is 0 Å². The molecule has 5 heteroatoms. The summed E-state index contributed by atoms with van der Waals surface area (Å²) in [5.41, 5.74) is 7.13. The van der Waals surface area contributed by atoms with Crippen molar-refractivity contribution in [1.82, 2.24) is 0 Å². The first kappa shape index (κ1) is 11.8. The average Bonchev–Trinajstić information content (AvgIpc) is 2.38. The number of para-hydroxylation sites is 1. The maximum absolute atomic E-state index is 11.0. The second kappa shape index (κ2) is 5.09. The number of benzene rings is 2. The van der Waals surface area contributed by atoms with Crippen LogP contribution in [0.25, 0.3) is 0 Å². The van der Waals surface area contributed by atoms with Gasteiger partial charge < -0.3 is 10.8 Å². The van der Waals surface area contributed by atoms with E-state index in [-0.39, 0.29) is 5.56 Å². The highest BCUT2D eigenvalue weighted by atomic mass is 16.4. The summed E-state index contributed by atoms with van der Waals surface area (Å²) in [5.74, 6) is -1.04. The van der Waals surface area contributed by atoms with Crippen LogP contribution in [0.4, 0.5) is 17.1 Å². The zero-order valence-corrected chi connectivity index (χ0v) is 9.45. The Kier molecular flexibility index (Phi) is 3.33. The summed E-state index contributed by atoms with van der Waals surface area (Å²) in [7, 11) is 0. The van der Waals surface area contributed by atoms with Crippen LogP contribution in [0, 0.1) is 0 Å². The Bertz CT molecular complexity index is 609. The molecule has 5 nitrogen and oxygen atoms in total. The van der Waals surface area contributed by atoms with Crippen LogP contribution in [0.2, 0.25) is 0 Å². The maximum atomic E-state index is 11.0. The molecule has 0 aliphatic heterocycles. The Morgan fingerprint density at radius 2 is 1.50 bits per heavy atom. The van der Waals surface area contributed by atoms with Crippen LogP contribution in [0.1, 0.15) is 10.4 Å². The lowest BCUT2D eigenvalue weighted by Gasteiger charge is -2.00. The van der Waals surface area contributed by atoms with Gasteiger partial charge in [0.1, 0.15) is 11.4 Å². The normalized spacial score (nSPS) is 10.7. The Morgan fingerprint density at radius 3 is 2.17 bits per heavy atom. The number of hydrogen-bond donors (Lipinski definition) is 2. The van der Waals surface area contributed by atoms with Gasteiger partial charge in [-0.1, -0.05) is 24.3 Å². The smallest absolute Gasteiger partial charge is 0.337 e. The molecule has 0 saturated carbocycles. The lowest BCUT2D eigenvalue weighted by molar-refractivity contribution is 0.0698. The van der Waals surface area contributed by atoms with Crippen LogP contribution in [-0.2, 0) is 0 Å². The first-order valence-electron chi connectivity index (χ1n) is 5.27. The molecule has 0 fully saturated rings. The minimum Gasteiger partial charge on any atom is -0.478 e. The van der Waals surface area contributed by atoms with Gasteiger partial charge in [-0.05, 0) is 24.3 Å². The van der Waals surface area contributed by atoms with Gasteiger partial charge in [-0.3, -0.25) is 0 Å². The summed E-state index contributed by atoms with van der Waals surface area (Å²) < 4.78 is 0. The van der Waals surface area contributed by atoms with Crippen LogP contribution in [0.5, 0.6) is 0 Å². The minimum atomic E-state index is -1.04. The van der Waals surface area contributed by atoms with Gasteiger partial charge in [0.05, 0.1) is 11.3 Å². The standard InChI is InChI=1S/C13H11N3O2/c14-10-6-2-4-8-12(10)16-15-11-7-3-1-5-9(11)13(17)18/h1-8H,14H2,(H,17,18). The zero-order valence-electron chi connectivity index (χ0n) is 9.45. The van der Waals surface area contributed by atoms with E-state index >= 15 is 0 Å². The molecule has 2 aromatic carbocycles. The van der Waals surface area contributed by atoms with E-state index in [1.807, 2.05) is 0 Å². The van der Waals surface area contributed by atoms with Crippen molar-refractivity contribution in [3.63, 3.8) is 0 Å². The fourth-order valence-electron chi connectivity index (χ4n) is 1.43. The molecular formula is C13H11N3O2. The number of carboxylic acids is 1. The molecule has 0 heterocycles. The number of anilines is 1. The molecule has 2 aromatic rings. The SMILES string of the molecule is Nc1ccccc1N=Nc1ccccc1C(=O)O. The number of carboxylic acid groups (broad SMARTS) is 1.